The van der Waals surface area contributed by atoms with Crippen LogP contribution in [-0.4, -0.2) is 36.5 Å². The van der Waals surface area contributed by atoms with Gasteiger partial charge in [0.05, 0.1) is 11.4 Å². The van der Waals surface area contributed by atoms with Gasteiger partial charge in [0.15, 0.2) is 5.13 Å². The minimum atomic E-state index is -3.79. The third-order valence-electron chi connectivity index (χ3n) is 5.16. The highest BCUT2D eigenvalue weighted by Crippen LogP contribution is 2.25. The predicted octanol–water partition coefficient (Wildman–Crippen LogP) is 3.69. The molecule has 11 heteroatoms. The molecule has 0 radical (unpaired) electrons. The van der Waals surface area contributed by atoms with Gasteiger partial charge in [0.1, 0.15) is 6.04 Å². The van der Waals surface area contributed by atoms with Gasteiger partial charge >= 0.3 is 0 Å². The summed E-state index contributed by atoms with van der Waals surface area (Å²) in [6, 6.07) is 17.3. The number of rotatable bonds is 13. The summed E-state index contributed by atoms with van der Waals surface area (Å²) in [6.07, 6.45) is 2.00. The number of carbonyl (C=O) groups excluding carboxylic acids is 2. The Bertz CT molecular complexity index is 1200. The lowest BCUT2D eigenvalue weighted by Crippen LogP contribution is -2.44. The highest BCUT2D eigenvalue weighted by molar-refractivity contribution is 7.88. The molecular formula is C24H28N4O5S2. The Morgan fingerprint density at radius 1 is 0.971 bits per heavy atom. The average molecular weight is 517 g/mol. The second-order valence-electron chi connectivity index (χ2n) is 7.94. The normalized spacial score (nSPS) is 12.1. The molecular weight excluding hydrogens is 488 g/mol. The molecule has 2 aromatic carbocycles. The lowest BCUT2D eigenvalue weighted by atomic mass is 10.1. The molecule has 0 saturated carbocycles. The highest BCUT2D eigenvalue weighted by atomic mass is 32.2. The molecule has 0 spiro atoms. The number of hydroxylamine groups is 1. The SMILES string of the molecule is O=C(CCCCC[C@H](NS(=O)(=O)Cc1ccccc1)C(=O)Nc1nc(-c2ccccc2)cs1)NO. The van der Waals surface area contributed by atoms with Gasteiger partial charge in [-0.3, -0.25) is 14.8 Å². The fourth-order valence-electron chi connectivity index (χ4n) is 3.43. The molecule has 0 fully saturated rings. The topological polar surface area (TPSA) is 137 Å². The molecule has 1 heterocycles. The molecule has 2 amide bonds. The van der Waals surface area contributed by atoms with Gasteiger partial charge in [0.25, 0.3) is 0 Å². The van der Waals surface area contributed by atoms with Crippen LogP contribution in [0.2, 0.25) is 0 Å². The maximum Gasteiger partial charge on any atom is 0.244 e. The molecule has 0 bridgehead atoms. The zero-order chi connectivity index (χ0) is 25.1. The van der Waals surface area contributed by atoms with Crippen molar-refractivity contribution < 1.29 is 23.2 Å². The van der Waals surface area contributed by atoms with Gasteiger partial charge in [-0.25, -0.2) is 23.6 Å². The maximum atomic E-state index is 13.0. The third kappa shape index (κ3) is 8.87. The lowest BCUT2D eigenvalue weighted by Gasteiger charge is -2.18. The summed E-state index contributed by atoms with van der Waals surface area (Å²) in [5.74, 6) is -1.23. The first-order valence-electron chi connectivity index (χ1n) is 11.1. The van der Waals surface area contributed by atoms with E-state index in [0.29, 0.717) is 35.7 Å². The van der Waals surface area contributed by atoms with Crippen LogP contribution in [0.1, 0.15) is 37.7 Å². The standard InChI is InChI=1S/C24H28N4O5S2/c29-22(27-31)15-9-3-8-14-20(28-35(32,33)17-18-10-4-1-5-11-18)23(30)26-24-25-21(16-34-24)19-12-6-2-7-13-19/h1-2,4-7,10-13,16,20,28,31H,3,8-9,14-15,17H2,(H,27,29)(H,25,26,30)/t20-/m0/s1. The Labute approximate surface area is 208 Å². The zero-order valence-corrected chi connectivity index (χ0v) is 20.6. The molecule has 1 atom stereocenters. The Balaban J connectivity index is 1.65. The first-order chi connectivity index (χ1) is 16.9. The maximum absolute atomic E-state index is 13.0. The van der Waals surface area contributed by atoms with Crippen LogP contribution in [0.15, 0.2) is 66.0 Å². The smallest absolute Gasteiger partial charge is 0.244 e. The van der Waals surface area contributed by atoms with E-state index in [2.05, 4.69) is 15.0 Å². The Kier molecular flexibility index (Phi) is 9.91. The number of nitrogens with zero attached hydrogens (tertiary/aromatic N) is 1. The van der Waals surface area contributed by atoms with Gasteiger partial charge in [-0.15, -0.1) is 11.3 Å². The van der Waals surface area contributed by atoms with E-state index in [4.69, 9.17) is 5.21 Å². The number of hydrogen-bond acceptors (Lipinski definition) is 7. The quantitative estimate of drug-likeness (QED) is 0.155. The number of unbranched alkanes of at least 4 members (excludes halogenated alkanes) is 2. The monoisotopic (exact) mass is 516 g/mol. The van der Waals surface area contributed by atoms with Crippen molar-refractivity contribution in [2.75, 3.05) is 5.32 Å². The first-order valence-corrected chi connectivity index (χ1v) is 13.7. The Morgan fingerprint density at radius 3 is 2.34 bits per heavy atom. The second kappa shape index (κ2) is 13.1. The van der Waals surface area contributed by atoms with Crippen LogP contribution in [0.4, 0.5) is 5.13 Å². The van der Waals surface area contributed by atoms with Crippen molar-refractivity contribution in [2.45, 2.75) is 43.9 Å². The molecule has 9 nitrogen and oxygen atoms in total. The molecule has 0 aliphatic carbocycles. The molecule has 35 heavy (non-hydrogen) atoms. The minimum Gasteiger partial charge on any atom is -0.301 e. The lowest BCUT2D eigenvalue weighted by molar-refractivity contribution is -0.129. The van der Waals surface area contributed by atoms with Crippen molar-refractivity contribution in [3.05, 3.63) is 71.6 Å². The summed E-state index contributed by atoms with van der Waals surface area (Å²) >= 11 is 1.26. The number of benzene rings is 2. The van der Waals surface area contributed by atoms with E-state index < -0.39 is 27.9 Å². The predicted molar refractivity (Wildman–Crippen MR) is 135 cm³/mol. The molecule has 0 aliphatic heterocycles. The molecule has 0 aliphatic rings. The second-order valence-corrected chi connectivity index (χ2v) is 10.6. The number of thiazole rings is 1. The van der Waals surface area contributed by atoms with E-state index in [9.17, 15) is 18.0 Å². The molecule has 0 unspecified atom stereocenters. The number of aromatic nitrogens is 1. The summed E-state index contributed by atoms with van der Waals surface area (Å²) in [5, 5.41) is 13.5. The van der Waals surface area contributed by atoms with E-state index in [1.165, 1.54) is 11.3 Å². The fourth-order valence-corrected chi connectivity index (χ4v) is 5.52. The van der Waals surface area contributed by atoms with E-state index in [1.807, 2.05) is 35.7 Å². The number of carbonyl (C=O) groups is 2. The summed E-state index contributed by atoms with van der Waals surface area (Å²) in [5.41, 5.74) is 3.82. The van der Waals surface area contributed by atoms with Crippen molar-refractivity contribution >= 4 is 38.3 Å². The van der Waals surface area contributed by atoms with E-state index in [1.54, 1.807) is 35.8 Å². The molecule has 3 rings (SSSR count). The molecule has 186 valence electrons. The van der Waals surface area contributed by atoms with E-state index >= 15 is 0 Å². The molecule has 4 N–H and O–H groups in total. The number of anilines is 1. The van der Waals surface area contributed by atoms with Gasteiger partial charge in [0, 0.05) is 17.4 Å². The summed E-state index contributed by atoms with van der Waals surface area (Å²) in [7, 11) is -3.79. The fraction of sp³-hybridized carbons (Fsp3) is 0.292. The van der Waals surface area contributed by atoms with E-state index in [0.717, 1.165) is 5.56 Å². The summed E-state index contributed by atoms with van der Waals surface area (Å²) < 4.78 is 28.1. The molecule has 1 aromatic heterocycles. The average Bonchev–Trinajstić information content (AvgIpc) is 3.32. The van der Waals surface area contributed by atoms with Crippen molar-refractivity contribution in [2.24, 2.45) is 0 Å². The first kappa shape index (κ1) is 26.5. The largest absolute Gasteiger partial charge is 0.301 e. The van der Waals surface area contributed by atoms with Crippen LogP contribution in [-0.2, 0) is 25.4 Å². The van der Waals surface area contributed by atoms with Crippen molar-refractivity contribution in [3.63, 3.8) is 0 Å². The van der Waals surface area contributed by atoms with Crippen LogP contribution in [0.5, 0.6) is 0 Å². The van der Waals surface area contributed by atoms with Crippen molar-refractivity contribution in [1.82, 2.24) is 15.2 Å². The van der Waals surface area contributed by atoms with Crippen LogP contribution in [0, 0.1) is 0 Å². The van der Waals surface area contributed by atoms with Crippen molar-refractivity contribution in [3.8, 4) is 11.3 Å². The van der Waals surface area contributed by atoms with Gasteiger partial charge in [0.2, 0.25) is 21.8 Å². The van der Waals surface area contributed by atoms with Crippen LogP contribution >= 0.6 is 11.3 Å². The highest BCUT2D eigenvalue weighted by Gasteiger charge is 2.25. The Hall–Kier alpha value is -3.12. The van der Waals surface area contributed by atoms with Crippen LogP contribution in [0.3, 0.4) is 0 Å². The molecule has 3 aromatic rings. The zero-order valence-electron chi connectivity index (χ0n) is 19.0. The number of amides is 2. The van der Waals surface area contributed by atoms with Crippen LogP contribution < -0.4 is 15.5 Å². The van der Waals surface area contributed by atoms with E-state index in [-0.39, 0.29) is 18.6 Å². The summed E-state index contributed by atoms with van der Waals surface area (Å²) in [4.78, 5) is 28.6. The van der Waals surface area contributed by atoms with Crippen molar-refractivity contribution in [1.29, 1.82) is 0 Å². The number of hydrogen-bond donors (Lipinski definition) is 4. The van der Waals surface area contributed by atoms with Gasteiger partial charge < -0.3 is 5.32 Å². The van der Waals surface area contributed by atoms with Gasteiger partial charge in [-0.1, -0.05) is 73.5 Å². The minimum absolute atomic E-state index is 0.147. The summed E-state index contributed by atoms with van der Waals surface area (Å²) in [6.45, 7) is 0. The van der Waals surface area contributed by atoms with Gasteiger partial charge in [-0.2, -0.15) is 0 Å². The van der Waals surface area contributed by atoms with Gasteiger partial charge in [-0.05, 0) is 18.4 Å². The number of sulfonamides is 1. The third-order valence-corrected chi connectivity index (χ3v) is 7.28. The van der Waals surface area contributed by atoms with Crippen LogP contribution in [0.25, 0.3) is 11.3 Å². The number of nitrogens with one attached hydrogen (secondary N) is 3. The molecule has 0 saturated heterocycles. The Morgan fingerprint density at radius 2 is 1.66 bits per heavy atom.